The number of amides is 1. The summed E-state index contributed by atoms with van der Waals surface area (Å²) >= 11 is 0. The summed E-state index contributed by atoms with van der Waals surface area (Å²) in [5.74, 6) is -0.954. The lowest BCUT2D eigenvalue weighted by Gasteiger charge is -2.29. The first-order valence-corrected chi connectivity index (χ1v) is 6.46. The van der Waals surface area contributed by atoms with E-state index in [-0.39, 0.29) is 11.5 Å². The highest BCUT2D eigenvalue weighted by Crippen LogP contribution is 2.30. The SMILES string of the molecule is Nc1ccc2c(c1)N(C(=O)c1ccncc1F)CCC2. The van der Waals surface area contributed by atoms with Crippen LogP contribution >= 0.6 is 0 Å². The summed E-state index contributed by atoms with van der Waals surface area (Å²) in [5, 5.41) is 0. The zero-order valence-electron chi connectivity index (χ0n) is 10.8. The van der Waals surface area contributed by atoms with Crippen molar-refractivity contribution in [3.63, 3.8) is 0 Å². The van der Waals surface area contributed by atoms with Crippen LogP contribution in [0.5, 0.6) is 0 Å². The van der Waals surface area contributed by atoms with Crippen molar-refractivity contribution in [1.82, 2.24) is 4.98 Å². The molecule has 0 unspecified atom stereocenters. The number of nitrogens with two attached hydrogens (primary N) is 1. The van der Waals surface area contributed by atoms with Crippen LogP contribution in [0.2, 0.25) is 0 Å². The highest BCUT2D eigenvalue weighted by molar-refractivity contribution is 6.07. The number of carbonyl (C=O) groups excluding carboxylic acids is 1. The third kappa shape index (κ3) is 2.11. The van der Waals surface area contributed by atoms with Crippen LogP contribution in [0.25, 0.3) is 0 Å². The predicted octanol–water partition coefficient (Wildman–Crippen LogP) is 2.40. The Morgan fingerprint density at radius 2 is 2.20 bits per heavy atom. The van der Waals surface area contributed by atoms with Gasteiger partial charge in [-0.3, -0.25) is 9.78 Å². The van der Waals surface area contributed by atoms with Crippen LogP contribution < -0.4 is 10.6 Å². The zero-order valence-corrected chi connectivity index (χ0v) is 10.8. The quantitative estimate of drug-likeness (QED) is 0.810. The molecule has 20 heavy (non-hydrogen) atoms. The fraction of sp³-hybridized carbons (Fsp3) is 0.200. The normalized spacial score (nSPS) is 13.9. The minimum Gasteiger partial charge on any atom is -0.399 e. The molecule has 1 aromatic carbocycles. The van der Waals surface area contributed by atoms with Gasteiger partial charge in [-0.25, -0.2) is 4.39 Å². The summed E-state index contributed by atoms with van der Waals surface area (Å²) in [6.45, 7) is 0.567. The molecule has 0 atom stereocenters. The Hall–Kier alpha value is -2.43. The van der Waals surface area contributed by atoms with Crippen LogP contribution in [0.1, 0.15) is 22.3 Å². The number of halogens is 1. The van der Waals surface area contributed by atoms with Gasteiger partial charge in [-0.2, -0.15) is 0 Å². The Balaban J connectivity index is 2.03. The minimum atomic E-state index is -0.603. The highest BCUT2D eigenvalue weighted by Gasteiger charge is 2.25. The molecule has 0 aliphatic carbocycles. The lowest BCUT2D eigenvalue weighted by atomic mass is 10.0. The number of rotatable bonds is 1. The lowest BCUT2D eigenvalue weighted by molar-refractivity contribution is 0.0981. The number of pyridine rings is 1. The summed E-state index contributed by atoms with van der Waals surface area (Å²) in [6, 6.07) is 6.91. The molecule has 0 bridgehead atoms. The molecular formula is C15H14FN3O. The summed E-state index contributed by atoms with van der Waals surface area (Å²) in [6.07, 6.45) is 4.23. The van der Waals surface area contributed by atoms with Crippen molar-refractivity contribution in [2.24, 2.45) is 0 Å². The number of aryl methyl sites for hydroxylation is 1. The molecule has 2 heterocycles. The number of benzene rings is 1. The molecule has 4 nitrogen and oxygen atoms in total. The molecule has 0 spiro atoms. The molecule has 5 heteroatoms. The van der Waals surface area contributed by atoms with Gasteiger partial charge in [0, 0.05) is 24.1 Å². The Kier molecular flexibility index (Phi) is 3.10. The number of aromatic nitrogens is 1. The second-order valence-electron chi connectivity index (χ2n) is 4.80. The van der Waals surface area contributed by atoms with E-state index in [1.807, 2.05) is 12.1 Å². The lowest BCUT2D eigenvalue weighted by Crippen LogP contribution is -2.36. The van der Waals surface area contributed by atoms with Gasteiger partial charge in [-0.15, -0.1) is 0 Å². The zero-order chi connectivity index (χ0) is 14.1. The second kappa shape index (κ2) is 4.92. The van der Waals surface area contributed by atoms with Gasteiger partial charge in [0.25, 0.3) is 5.91 Å². The fourth-order valence-electron chi connectivity index (χ4n) is 2.50. The van der Waals surface area contributed by atoms with E-state index in [1.165, 1.54) is 12.3 Å². The molecule has 0 radical (unpaired) electrons. The molecule has 2 N–H and O–H groups in total. The second-order valence-corrected chi connectivity index (χ2v) is 4.80. The standard InChI is InChI=1S/C15H14FN3O/c16-13-9-18-6-5-12(13)15(20)19-7-1-2-10-3-4-11(17)8-14(10)19/h3-6,8-9H,1-2,7,17H2. The van der Waals surface area contributed by atoms with Crippen molar-refractivity contribution in [1.29, 1.82) is 0 Å². The molecule has 102 valence electrons. The molecule has 0 saturated heterocycles. The minimum absolute atomic E-state index is 0.0373. The van der Waals surface area contributed by atoms with E-state index >= 15 is 0 Å². The summed E-state index contributed by atoms with van der Waals surface area (Å²) < 4.78 is 13.7. The fourth-order valence-corrected chi connectivity index (χ4v) is 2.50. The maximum Gasteiger partial charge on any atom is 0.261 e. The molecule has 0 fully saturated rings. The molecule has 1 aliphatic rings. The summed E-state index contributed by atoms with van der Waals surface area (Å²) in [5.41, 5.74) is 8.26. The van der Waals surface area contributed by atoms with Crippen molar-refractivity contribution >= 4 is 17.3 Å². The van der Waals surface area contributed by atoms with Crippen molar-refractivity contribution in [3.8, 4) is 0 Å². The van der Waals surface area contributed by atoms with Crippen LogP contribution in [0, 0.1) is 5.82 Å². The topological polar surface area (TPSA) is 59.2 Å². The van der Waals surface area contributed by atoms with Crippen molar-refractivity contribution < 1.29 is 9.18 Å². The van der Waals surface area contributed by atoms with Crippen LogP contribution in [0.15, 0.2) is 36.7 Å². The molecule has 1 aliphatic heterocycles. The van der Waals surface area contributed by atoms with E-state index in [2.05, 4.69) is 4.98 Å². The van der Waals surface area contributed by atoms with E-state index in [4.69, 9.17) is 5.73 Å². The first-order valence-electron chi connectivity index (χ1n) is 6.46. The number of hydrogen-bond acceptors (Lipinski definition) is 3. The summed E-state index contributed by atoms with van der Waals surface area (Å²) in [7, 11) is 0. The number of nitrogen functional groups attached to an aromatic ring is 1. The largest absolute Gasteiger partial charge is 0.399 e. The Morgan fingerprint density at radius 1 is 1.35 bits per heavy atom. The molecule has 1 aromatic heterocycles. The first kappa shape index (κ1) is 12.6. The van der Waals surface area contributed by atoms with Gasteiger partial charge in [0.05, 0.1) is 11.8 Å². The monoisotopic (exact) mass is 271 g/mol. The molecule has 0 saturated carbocycles. The van der Waals surface area contributed by atoms with Gasteiger partial charge in [0.15, 0.2) is 5.82 Å². The van der Waals surface area contributed by atoms with Crippen LogP contribution in [0.3, 0.4) is 0 Å². The summed E-state index contributed by atoms with van der Waals surface area (Å²) in [4.78, 5) is 17.8. The van der Waals surface area contributed by atoms with E-state index < -0.39 is 5.82 Å². The Bertz CT molecular complexity index is 672. The van der Waals surface area contributed by atoms with E-state index in [0.717, 1.165) is 30.3 Å². The highest BCUT2D eigenvalue weighted by atomic mass is 19.1. The van der Waals surface area contributed by atoms with Gasteiger partial charge in [0.1, 0.15) is 0 Å². The molecule has 1 amide bonds. The first-order chi connectivity index (χ1) is 9.66. The molecule has 3 rings (SSSR count). The predicted molar refractivity (Wildman–Crippen MR) is 75.0 cm³/mol. The maximum atomic E-state index is 13.7. The van der Waals surface area contributed by atoms with Gasteiger partial charge in [-0.05, 0) is 36.6 Å². The van der Waals surface area contributed by atoms with E-state index in [1.54, 1.807) is 11.0 Å². The number of fused-ring (bicyclic) bond motifs is 1. The number of carbonyl (C=O) groups is 1. The van der Waals surface area contributed by atoms with Crippen molar-refractivity contribution in [3.05, 3.63) is 53.6 Å². The number of nitrogens with zero attached hydrogens (tertiary/aromatic N) is 2. The van der Waals surface area contributed by atoms with Gasteiger partial charge in [-0.1, -0.05) is 6.07 Å². The van der Waals surface area contributed by atoms with Crippen LogP contribution in [-0.4, -0.2) is 17.4 Å². The molecule has 2 aromatic rings. The molecular weight excluding hydrogens is 257 g/mol. The Morgan fingerprint density at radius 3 is 3.00 bits per heavy atom. The average molecular weight is 271 g/mol. The van der Waals surface area contributed by atoms with Gasteiger partial charge >= 0.3 is 0 Å². The average Bonchev–Trinajstić information content (AvgIpc) is 2.46. The number of anilines is 2. The number of hydrogen-bond donors (Lipinski definition) is 1. The van der Waals surface area contributed by atoms with Gasteiger partial charge in [0.2, 0.25) is 0 Å². The smallest absolute Gasteiger partial charge is 0.261 e. The van der Waals surface area contributed by atoms with Crippen molar-refractivity contribution in [2.75, 3.05) is 17.2 Å². The van der Waals surface area contributed by atoms with Crippen molar-refractivity contribution in [2.45, 2.75) is 12.8 Å². The van der Waals surface area contributed by atoms with Gasteiger partial charge < -0.3 is 10.6 Å². The van der Waals surface area contributed by atoms with E-state index in [9.17, 15) is 9.18 Å². The third-order valence-electron chi connectivity index (χ3n) is 3.48. The van der Waals surface area contributed by atoms with Crippen LogP contribution in [0.4, 0.5) is 15.8 Å². The maximum absolute atomic E-state index is 13.7. The van der Waals surface area contributed by atoms with E-state index in [0.29, 0.717) is 12.2 Å². The van der Waals surface area contributed by atoms with Crippen LogP contribution in [-0.2, 0) is 6.42 Å². The Labute approximate surface area is 116 Å². The third-order valence-corrected chi connectivity index (χ3v) is 3.48.